The second-order valence-electron chi connectivity index (χ2n) is 7.55. The normalized spacial score (nSPS) is 13.1. The molecule has 4 aromatic rings. The lowest BCUT2D eigenvalue weighted by atomic mass is 10.2. The van der Waals surface area contributed by atoms with Gasteiger partial charge in [0.25, 0.3) is 0 Å². The molecular formula is C25H22ClN5. The van der Waals surface area contributed by atoms with E-state index in [1.54, 1.807) is 0 Å². The maximum absolute atomic E-state index is 6.41. The summed E-state index contributed by atoms with van der Waals surface area (Å²) in [4.78, 5) is 11.8. The van der Waals surface area contributed by atoms with Crippen molar-refractivity contribution in [2.24, 2.45) is 10.7 Å². The van der Waals surface area contributed by atoms with Crippen molar-refractivity contribution in [1.29, 1.82) is 0 Å². The fourth-order valence-corrected chi connectivity index (χ4v) is 4.01. The summed E-state index contributed by atoms with van der Waals surface area (Å²) in [6.45, 7) is 1.83. The van der Waals surface area contributed by atoms with E-state index < -0.39 is 0 Å². The minimum absolute atomic E-state index is 0.486. The van der Waals surface area contributed by atoms with E-state index in [0.29, 0.717) is 19.0 Å². The zero-order valence-corrected chi connectivity index (χ0v) is 17.7. The van der Waals surface area contributed by atoms with E-state index in [2.05, 4.69) is 38.7 Å². The van der Waals surface area contributed by atoms with Crippen LogP contribution in [0.1, 0.15) is 16.8 Å². The smallest absolute Gasteiger partial charge is 0.160 e. The summed E-state index contributed by atoms with van der Waals surface area (Å²) in [6, 6.07) is 28.4. The van der Waals surface area contributed by atoms with Crippen LogP contribution in [0.15, 0.2) is 89.9 Å². The number of imidazole rings is 1. The topological polar surface area (TPSA) is 59.4 Å². The molecule has 1 aromatic heterocycles. The van der Waals surface area contributed by atoms with Crippen molar-refractivity contribution < 1.29 is 0 Å². The van der Waals surface area contributed by atoms with Crippen LogP contribution in [-0.2, 0) is 13.1 Å². The quantitative estimate of drug-likeness (QED) is 0.491. The van der Waals surface area contributed by atoms with Gasteiger partial charge in [-0.3, -0.25) is 0 Å². The van der Waals surface area contributed by atoms with Gasteiger partial charge in [0.2, 0.25) is 0 Å². The second kappa shape index (κ2) is 8.28. The summed E-state index contributed by atoms with van der Waals surface area (Å²) in [6.07, 6.45) is 0. The lowest BCUT2D eigenvalue weighted by Crippen LogP contribution is -2.33. The number of fused-ring (bicyclic) bond motifs is 1. The number of nitrogens with zero attached hydrogens (tertiary/aromatic N) is 4. The van der Waals surface area contributed by atoms with E-state index in [4.69, 9.17) is 22.3 Å². The molecule has 0 saturated heterocycles. The largest absolute Gasteiger partial charge is 0.382 e. The first-order valence-corrected chi connectivity index (χ1v) is 10.6. The van der Waals surface area contributed by atoms with Gasteiger partial charge in [-0.15, -0.1) is 0 Å². The summed E-state index contributed by atoms with van der Waals surface area (Å²) in [5, 5.41) is 0.717. The van der Waals surface area contributed by atoms with Gasteiger partial charge in [-0.1, -0.05) is 84.4 Å². The predicted octanol–water partition coefficient (Wildman–Crippen LogP) is 4.93. The first-order chi connectivity index (χ1) is 15.2. The standard InChI is InChI=1S/C25H22ClN5/c26-21-13-11-19(12-14-21)16-31-22-23(27)28-17-30(15-18-7-3-1-4-8-18)25(22)29-24(31)20-9-5-2-6-10-20/h1-14H,15-17H2,(H2,27,28). The minimum atomic E-state index is 0.486. The lowest BCUT2D eigenvalue weighted by molar-refractivity contribution is 0.764. The van der Waals surface area contributed by atoms with Gasteiger partial charge in [0, 0.05) is 23.7 Å². The Bertz CT molecular complexity index is 1210. The van der Waals surface area contributed by atoms with Crippen LogP contribution in [0, 0.1) is 0 Å². The highest BCUT2D eigenvalue weighted by Crippen LogP contribution is 2.32. The van der Waals surface area contributed by atoms with E-state index in [1.165, 1.54) is 5.56 Å². The molecule has 1 aliphatic rings. The molecule has 5 nitrogen and oxygen atoms in total. The number of amidine groups is 1. The van der Waals surface area contributed by atoms with Gasteiger partial charge in [0.1, 0.15) is 24.0 Å². The second-order valence-corrected chi connectivity index (χ2v) is 7.99. The van der Waals surface area contributed by atoms with Gasteiger partial charge in [-0.2, -0.15) is 0 Å². The van der Waals surface area contributed by atoms with Crippen molar-refractivity contribution in [1.82, 2.24) is 9.55 Å². The molecule has 31 heavy (non-hydrogen) atoms. The van der Waals surface area contributed by atoms with Crippen molar-refractivity contribution >= 4 is 23.3 Å². The third kappa shape index (κ3) is 3.92. The number of hydrogen-bond acceptors (Lipinski definition) is 4. The van der Waals surface area contributed by atoms with Crippen LogP contribution < -0.4 is 10.6 Å². The Labute approximate surface area is 186 Å². The molecule has 6 heteroatoms. The third-order valence-electron chi connectivity index (χ3n) is 5.41. The zero-order valence-electron chi connectivity index (χ0n) is 16.9. The molecule has 5 rings (SSSR count). The van der Waals surface area contributed by atoms with Crippen LogP contribution in [-0.4, -0.2) is 22.1 Å². The zero-order chi connectivity index (χ0) is 21.2. The van der Waals surface area contributed by atoms with Crippen molar-refractivity contribution in [3.8, 4) is 11.4 Å². The van der Waals surface area contributed by atoms with Gasteiger partial charge >= 0.3 is 0 Å². The van der Waals surface area contributed by atoms with Gasteiger partial charge in [-0.25, -0.2) is 9.98 Å². The van der Waals surface area contributed by atoms with E-state index in [0.717, 1.165) is 40.0 Å². The summed E-state index contributed by atoms with van der Waals surface area (Å²) in [5.74, 6) is 2.26. The summed E-state index contributed by atoms with van der Waals surface area (Å²) in [5.41, 5.74) is 10.6. The first kappa shape index (κ1) is 19.4. The lowest BCUT2D eigenvalue weighted by Gasteiger charge is -2.26. The highest BCUT2D eigenvalue weighted by Gasteiger charge is 2.28. The average Bonchev–Trinajstić information content (AvgIpc) is 3.19. The highest BCUT2D eigenvalue weighted by atomic mass is 35.5. The Kier molecular flexibility index (Phi) is 5.18. The molecule has 2 N–H and O–H groups in total. The molecule has 154 valence electrons. The molecule has 0 unspecified atom stereocenters. The Morgan fingerprint density at radius 2 is 1.45 bits per heavy atom. The van der Waals surface area contributed by atoms with Crippen molar-refractivity contribution in [3.63, 3.8) is 0 Å². The number of rotatable bonds is 5. The van der Waals surface area contributed by atoms with E-state index in [9.17, 15) is 0 Å². The molecule has 0 spiro atoms. The van der Waals surface area contributed by atoms with E-state index in [-0.39, 0.29) is 0 Å². The number of halogens is 1. The maximum atomic E-state index is 6.41. The molecule has 3 aromatic carbocycles. The van der Waals surface area contributed by atoms with Gasteiger partial charge < -0.3 is 15.2 Å². The van der Waals surface area contributed by atoms with Crippen LogP contribution >= 0.6 is 11.6 Å². The van der Waals surface area contributed by atoms with Crippen LogP contribution in [0.25, 0.3) is 11.4 Å². The molecule has 0 amide bonds. The van der Waals surface area contributed by atoms with Gasteiger partial charge in [0.15, 0.2) is 5.82 Å². The minimum Gasteiger partial charge on any atom is -0.382 e. The van der Waals surface area contributed by atoms with Crippen molar-refractivity contribution in [2.75, 3.05) is 11.6 Å². The van der Waals surface area contributed by atoms with Crippen molar-refractivity contribution in [2.45, 2.75) is 13.1 Å². The fraction of sp³-hybridized carbons (Fsp3) is 0.120. The number of hydrogen-bond donors (Lipinski definition) is 1. The van der Waals surface area contributed by atoms with Gasteiger partial charge in [0.05, 0.1) is 0 Å². The molecule has 0 fully saturated rings. The third-order valence-corrected chi connectivity index (χ3v) is 5.66. The Morgan fingerprint density at radius 3 is 2.16 bits per heavy atom. The molecule has 0 bridgehead atoms. The summed E-state index contributed by atoms with van der Waals surface area (Å²) >= 11 is 6.09. The number of anilines is 1. The Balaban J connectivity index is 1.62. The maximum Gasteiger partial charge on any atom is 0.160 e. The van der Waals surface area contributed by atoms with E-state index >= 15 is 0 Å². The Morgan fingerprint density at radius 1 is 0.806 bits per heavy atom. The van der Waals surface area contributed by atoms with Crippen LogP contribution in [0.2, 0.25) is 5.02 Å². The van der Waals surface area contributed by atoms with E-state index in [1.807, 2.05) is 60.7 Å². The number of aromatic nitrogens is 2. The molecule has 1 aliphatic heterocycles. The Hall–Kier alpha value is -3.57. The van der Waals surface area contributed by atoms with Gasteiger partial charge in [-0.05, 0) is 23.3 Å². The molecule has 0 radical (unpaired) electrons. The molecule has 0 atom stereocenters. The number of benzene rings is 3. The van der Waals surface area contributed by atoms with Crippen LogP contribution in [0.3, 0.4) is 0 Å². The highest BCUT2D eigenvalue weighted by molar-refractivity contribution is 6.30. The molecule has 0 saturated carbocycles. The monoisotopic (exact) mass is 427 g/mol. The molecular weight excluding hydrogens is 406 g/mol. The summed E-state index contributed by atoms with van der Waals surface area (Å²) in [7, 11) is 0. The predicted molar refractivity (Wildman–Crippen MR) is 126 cm³/mol. The number of aliphatic imine (C=N–C) groups is 1. The van der Waals surface area contributed by atoms with Crippen molar-refractivity contribution in [3.05, 3.63) is 107 Å². The summed E-state index contributed by atoms with van der Waals surface area (Å²) < 4.78 is 2.16. The SMILES string of the molecule is NC1=NCN(Cc2ccccc2)c2nc(-c3ccccc3)n(Cc3ccc(Cl)cc3)c21. The van der Waals surface area contributed by atoms with Crippen LogP contribution in [0.5, 0.6) is 0 Å². The fourth-order valence-electron chi connectivity index (χ4n) is 3.88. The number of nitrogens with two attached hydrogens (primary N) is 1. The van der Waals surface area contributed by atoms with Crippen LogP contribution in [0.4, 0.5) is 5.82 Å². The first-order valence-electron chi connectivity index (χ1n) is 10.2. The average molecular weight is 428 g/mol. The molecule has 2 heterocycles. The molecule has 0 aliphatic carbocycles.